The molecule has 7 heteroatoms. The first-order chi connectivity index (χ1) is 9.99. The molecule has 6 nitrogen and oxygen atoms in total. The van der Waals surface area contributed by atoms with Gasteiger partial charge < -0.3 is 20.1 Å². The number of benzene rings is 1. The zero-order valence-electron chi connectivity index (χ0n) is 12.1. The molecule has 0 saturated heterocycles. The normalized spacial score (nSPS) is 9.86. The lowest BCUT2D eigenvalue weighted by molar-refractivity contribution is -0.119. The van der Waals surface area contributed by atoms with Crippen LogP contribution in [-0.4, -0.2) is 38.1 Å². The van der Waals surface area contributed by atoms with Crippen LogP contribution in [0.5, 0.6) is 11.5 Å². The van der Waals surface area contributed by atoms with Gasteiger partial charge in [-0.1, -0.05) is 15.9 Å². The molecule has 116 valence electrons. The molecule has 0 saturated carbocycles. The van der Waals surface area contributed by atoms with Gasteiger partial charge in [0.05, 0.1) is 13.1 Å². The molecule has 2 N–H and O–H groups in total. The molecule has 1 aromatic rings. The minimum absolute atomic E-state index is 0.0961. The van der Waals surface area contributed by atoms with E-state index in [1.54, 1.807) is 12.1 Å². The summed E-state index contributed by atoms with van der Waals surface area (Å²) in [5.74, 6) is 0.977. The highest BCUT2D eigenvalue weighted by Gasteiger charge is 2.06. The second-order valence-electron chi connectivity index (χ2n) is 4.25. The van der Waals surface area contributed by atoms with Gasteiger partial charge in [-0.2, -0.15) is 0 Å². The number of amides is 2. The van der Waals surface area contributed by atoms with Crippen LogP contribution in [0.15, 0.2) is 22.7 Å². The Morgan fingerprint density at radius 2 is 1.52 bits per heavy atom. The molecule has 0 aliphatic rings. The first kappa shape index (κ1) is 17.3. The van der Waals surface area contributed by atoms with Gasteiger partial charge in [-0.05, 0) is 18.2 Å². The molecule has 0 aliphatic carbocycles. The van der Waals surface area contributed by atoms with Crippen LogP contribution in [0.3, 0.4) is 0 Å². The minimum Gasteiger partial charge on any atom is -0.488 e. The number of carbonyl (C=O) groups is 2. The summed E-state index contributed by atoms with van der Waals surface area (Å²) in [5.41, 5.74) is 0. The van der Waals surface area contributed by atoms with Crippen molar-refractivity contribution in [1.29, 1.82) is 0 Å². The number of hydrogen-bond acceptors (Lipinski definition) is 4. The molecule has 0 spiro atoms. The van der Waals surface area contributed by atoms with Crippen molar-refractivity contribution in [3.63, 3.8) is 0 Å². The van der Waals surface area contributed by atoms with Crippen molar-refractivity contribution in [3.05, 3.63) is 22.7 Å². The molecule has 1 rings (SSSR count). The number of ether oxygens (including phenoxy) is 2. The Morgan fingerprint density at radius 1 is 1.00 bits per heavy atom. The Morgan fingerprint density at radius 3 is 2.05 bits per heavy atom. The van der Waals surface area contributed by atoms with E-state index in [9.17, 15) is 9.59 Å². The van der Waals surface area contributed by atoms with E-state index in [0.717, 1.165) is 4.47 Å². The third kappa shape index (κ3) is 7.55. The third-order valence-corrected chi connectivity index (χ3v) is 2.87. The van der Waals surface area contributed by atoms with E-state index in [0.29, 0.717) is 37.8 Å². The van der Waals surface area contributed by atoms with E-state index in [-0.39, 0.29) is 11.8 Å². The molecule has 2 amide bonds. The summed E-state index contributed by atoms with van der Waals surface area (Å²) >= 11 is 3.37. The highest BCUT2D eigenvalue weighted by Crippen LogP contribution is 2.30. The van der Waals surface area contributed by atoms with Crippen molar-refractivity contribution in [2.45, 2.75) is 13.8 Å². The Balaban J connectivity index is 2.49. The summed E-state index contributed by atoms with van der Waals surface area (Å²) in [6.45, 7) is 4.46. The van der Waals surface area contributed by atoms with Crippen LogP contribution in [0.4, 0.5) is 0 Å². The smallest absolute Gasteiger partial charge is 0.216 e. The fourth-order valence-electron chi connectivity index (χ4n) is 1.49. The molecular weight excluding hydrogens is 340 g/mol. The summed E-state index contributed by atoms with van der Waals surface area (Å²) < 4.78 is 12.0. The van der Waals surface area contributed by atoms with Gasteiger partial charge in [0.15, 0.2) is 11.5 Å². The Hall–Kier alpha value is -1.76. The molecule has 0 unspecified atom stereocenters. The Kier molecular flexibility index (Phi) is 7.60. The summed E-state index contributed by atoms with van der Waals surface area (Å²) in [6, 6.07) is 5.42. The van der Waals surface area contributed by atoms with Crippen LogP contribution in [0.25, 0.3) is 0 Å². The number of rotatable bonds is 8. The maximum atomic E-state index is 10.8. The topological polar surface area (TPSA) is 76.7 Å². The van der Waals surface area contributed by atoms with Crippen LogP contribution >= 0.6 is 15.9 Å². The van der Waals surface area contributed by atoms with Gasteiger partial charge in [0, 0.05) is 18.3 Å². The first-order valence-electron chi connectivity index (χ1n) is 6.53. The molecule has 0 aromatic heterocycles. The fraction of sp³-hybridized carbons (Fsp3) is 0.429. The lowest BCUT2D eigenvalue weighted by Gasteiger charge is -2.13. The predicted octanol–water partition coefficient (Wildman–Crippen LogP) is 1.48. The molecule has 0 atom stereocenters. The Bertz CT molecular complexity index is 494. The van der Waals surface area contributed by atoms with Crippen LogP contribution in [0, 0.1) is 0 Å². The molecule has 0 fully saturated rings. The van der Waals surface area contributed by atoms with Gasteiger partial charge in [-0.15, -0.1) is 0 Å². The zero-order valence-corrected chi connectivity index (χ0v) is 13.7. The van der Waals surface area contributed by atoms with E-state index < -0.39 is 0 Å². The molecule has 0 aliphatic heterocycles. The van der Waals surface area contributed by atoms with Crippen LogP contribution in [0.2, 0.25) is 0 Å². The summed E-state index contributed by atoms with van der Waals surface area (Å²) in [4.78, 5) is 21.5. The van der Waals surface area contributed by atoms with Gasteiger partial charge in [0.1, 0.15) is 13.2 Å². The SMILES string of the molecule is CC(=O)NCCOc1ccc(Br)cc1OCCNC(C)=O. The highest BCUT2D eigenvalue weighted by atomic mass is 79.9. The first-order valence-corrected chi connectivity index (χ1v) is 7.32. The van der Waals surface area contributed by atoms with Crippen LogP contribution in [0.1, 0.15) is 13.8 Å². The van der Waals surface area contributed by atoms with Crippen molar-refractivity contribution >= 4 is 27.7 Å². The van der Waals surface area contributed by atoms with Crippen molar-refractivity contribution in [3.8, 4) is 11.5 Å². The number of halogens is 1. The van der Waals surface area contributed by atoms with E-state index >= 15 is 0 Å². The monoisotopic (exact) mass is 358 g/mol. The number of carbonyl (C=O) groups excluding carboxylic acids is 2. The van der Waals surface area contributed by atoms with E-state index in [1.165, 1.54) is 13.8 Å². The number of nitrogens with one attached hydrogen (secondary N) is 2. The lowest BCUT2D eigenvalue weighted by Crippen LogP contribution is -2.26. The molecular formula is C14H19BrN2O4. The molecule has 0 heterocycles. The largest absolute Gasteiger partial charge is 0.488 e. The highest BCUT2D eigenvalue weighted by molar-refractivity contribution is 9.10. The summed E-state index contributed by atoms with van der Waals surface area (Å²) in [6.07, 6.45) is 0. The molecule has 21 heavy (non-hydrogen) atoms. The molecule has 0 radical (unpaired) electrons. The molecule has 0 bridgehead atoms. The maximum Gasteiger partial charge on any atom is 0.216 e. The predicted molar refractivity (Wildman–Crippen MR) is 82.5 cm³/mol. The average Bonchev–Trinajstić information content (AvgIpc) is 2.41. The molecule has 1 aromatic carbocycles. The number of hydrogen-bond donors (Lipinski definition) is 2. The standard InChI is InChI=1S/C14H19BrN2O4/c1-10(18)16-5-7-20-13-4-3-12(15)9-14(13)21-8-6-17-11(2)19/h3-4,9H,5-8H2,1-2H3,(H,16,18)(H,17,19). The van der Waals surface area contributed by atoms with Crippen molar-refractivity contribution in [2.24, 2.45) is 0 Å². The third-order valence-electron chi connectivity index (χ3n) is 2.37. The quantitative estimate of drug-likeness (QED) is 0.690. The van der Waals surface area contributed by atoms with Gasteiger partial charge in [-0.3, -0.25) is 9.59 Å². The second-order valence-corrected chi connectivity index (χ2v) is 5.17. The van der Waals surface area contributed by atoms with E-state index in [2.05, 4.69) is 26.6 Å². The van der Waals surface area contributed by atoms with Gasteiger partial charge in [0.2, 0.25) is 11.8 Å². The van der Waals surface area contributed by atoms with Crippen molar-refractivity contribution in [2.75, 3.05) is 26.3 Å². The van der Waals surface area contributed by atoms with Crippen molar-refractivity contribution < 1.29 is 19.1 Å². The van der Waals surface area contributed by atoms with Gasteiger partial charge in [0.25, 0.3) is 0 Å². The van der Waals surface area contributed by atoms with E-state index in [4.69, 9.17) is 9.47 Å². The minimum atomic E-state index is -0.0976. The van der Waals surface area contributed by atoms with Crippen LogP contribution in [-0.2, 0) is 9.59 Å². The van der Waals surface area contributed by atoms with Gasteiger partial charge >= 0.3 is 0 Å². The maximum absolute atomic E-state index is 10.8. The van der Waals surface area contributed by atoms with Gasteiger partial charge in [-0.25, -0.2) is 0 Å². The van der Waals surface area contributed by atoms with E-state index in [1.807, 2.05) is 6.07 Å². The zero-order chi connectivity index (χ0) is 15.7. The lowest BCUT2D eigenvalue weighted by atomic mass is 10.3. The fourth-order valence-corrected chi connectivity index (χ4v) is 1.83. The second kappa shape index (κ2) is 9.23. The van der Waals surface area contributed by atoms with Crippen LogP contribution < -0.4 is 20.1 Å². The summed E-state index contributed by atoms with van der Waals surface area (Å²) in [5, 5.41) is 5.30. The summed E-state index contributed by atoms with van der Waals surface area (Å²) in [7, 11) is 0. The Labute approximate surface area is 132 Å². The average molecular weight is 359 g/mol. The van der Waals surface area contributed by atoms with Crippen molar-refractivity contribution in [1.82, 2.24) is 10.6 Å².